The molecule has 4 aliphatic carbocycles. The minimum atomic E-state index is -2.24. The van der Waals surface area contributed by atoms with Crippen LogP contribution in [0.4, 0.5) is 0 Å². The van der Waals surface area contributed by atoms with Crippen LogP contribution in [-0.2, 0) is 72.9 Å². The number of carbonyl (C=O) groups is 7. The van der Waals surface area contributed by atoms with Crippen molar-refractivity contribution in [2.75, 3.05) is 41.5 Å². The lowest BCUT2D eigenvalue weighted by Gasteiger charge is -2.48. The quantitative estimate of drug-likeness (QED) is 0.0468. The zero-order valence-electron chi connectivity index (χ0n) is 58.7. The minimum Gasteiger partial charge on any atom is -0.507 e. The smallest absolute Gasteiger partial charge is 0.316 e. The van der Waals surface area contributed by atoms with E-state index in [4.69, 9.17) is 62.6 Å². The largest absolute Gasteiger partial charge is 0.507 e. The van der Waals surface area contributed by atoms with Gasteiger partial charge in [-0.2, -0.15) is 0 Å². The van der Waals surface area contributed by atoms with Crippen LogP contribution in [-0.4, -0.2) is 232 Å². The predicted octanol–water partition coefficient (Wildman–Crippen LogP) is 4.71. The molecule has 9 aliphatic rings. The Bertz CT molecular complexity index is 3960. The number of nitrogens with zero attached hydrogens (tertiary/aromatic N) is 1. The summed E-state index contributed by atoms with van der Waals surface area (Å²) in [6.45, 7) is 8.30. The summed E-state index contributed by atoms with van der Waals surface area (Å²) in [4.78, 5) is 95.3. The fraction of sp³-hybridized carbons (Fsp3) is 0.581. The lowest BCUT2D eigenvalue weighted by Crippen LogP contribution is -2.58. The maximum absolute atomic E-state index is 13.9. The van der Waals surface area contributed by atoms with Crippen LogP contribution in [0.5, 0.6) is 28.7 Å². The Labute approximate surface area is 593 Å². The van der Waals surface area contributed by atoms with E-state index < -0.39 is 204 Å². The van der Waals surface area contributed by atoms with Gasteiger partial charge in [-0.05, 0) is 91.2 Å². The van der Waals surface area contributed by atoms with E-state index in [-0.39, 0.29) is 105 Å². The highest BCUT2D eigenvalue weighted by molar-refractivity contribution is 6.32. The van der Waals surface area contributed by atoms with E-state index in [0.717, 1.165) is 19.3 Å². The highest BCUT2D eigenvalue weighted by Gasteiger charge is 2.55. The number of ether oxygens (including phenoxy) is 12. The first-order valence-electron chi connectivity index (χ1n) is 34.9. The summed E-state index contributed by atoms with van der Waals surface area (Å²) < 4.78 is 72.1. The summed E-state index contributed by atoms with van der Waals surface area (Å²) in [6, 6.07) is 8.96. The number of esters is 1. The summed E-state index contributed by atoms with van der Waals surface area (Å²) in [7, 11) is 6.25. The van der Waals surface area contributed by atoms with Gasteiger partial charge in [-0.15, -0.1) is 0 Å². The number of Topliss-reactive ketones (excluding diaryl/α,β-unsaturated/α-hetero) is 2. The van der Waals surface area contributed by atoms with Gasteiger partial charge >= 0.3 is 5.97 Å². The molecule has 5 saturated heterocycles. The number of methoxy groups -OCH3 is 2. The van der Waals surface area contributed by atoms with Crippen LogP contribution in [0.15, 0.2) is 42.5 Å². The van der Waals surface area contributed by atoms with Crippen molar-refractivity contribution in [2.24, 2.45) is 5.73 Å². The second-order valence-corrected chi connectivity index (χ2v) is 28.3. The van der Waals surface area contributed by atoms with Crippen LogP contribution in [0.2, 0.25) is 0 Å². The van der Waals surface area contributed by atoms with Gasteiger partial charge in [0, 0.05) is 103 Å². The molecular formula is C74H90N2O27. The summed E-state index contributed by atoms with van der Waals surface area (Å²) in [5, 5.41) is 90.1. The van der Waals surface area contributed by atoms with Crippen molar-refractivity contribution < 1.29 is 131 Å². The number of aromatic hydroxyl groups is 4. The molecule has 13 rings (SSSR count). The van der Waals surface area contributed by atoms with E-state index in [1.54, 1.807) is 34.6 Å². The Hall–Kier alpha value is -7.27. The number of fused-ring (bicyclic) bond motifs is 6. The summed E-state index contributed by atoms with van der Waals surface area (Å²) in [6.07, 6.45) is -8.68. The van der Waals surface area contributed by atoms with Gasteiger partial charge in [0.15, 0.2) is 54.6 Å². The number of likely N-dealkylation sites (N-methyl/N-ethyl adjacent to an activating group) is 1. The fourth-order valence-corrected chi connectivity index (χ4v) is 16.2. The average Bonchev–Trinajstić information content (AvgIpc) is 0.715. The monoisotopic (exact) mass is 1440 g/mol. The molecule has 0 radical (unpaired) electrons. The molecule has 4 aromatic carbocycles. The maximum Gasteiger partial charge on any atom is 0.316 e. The molecule has 29 heteroatoms. The SMILES string of the molecule is CC[C@@]1(O)C[C@H](OC2CC(N(C)C)C(OC3CC(O)C(OC4CCC(=O)C(C)O4)C(C)O3)C(C)O2)c2c(cc3c(c2O)C(=O)c2c(O)cccc2C3=O)[C@H]1C(=O)OC.COc1cccc2c1C(=O)c1c(O)c3c(c(O)c1C2=O)C[C@@](O)(C(=O)CO)C[C@@H]3OC1CC(N)C(OC2CCCCO2)C(C)O1. The van der Waals surface area contributed by atoms with Gasteiger partial charge in [-0.3, -0.25) is 33.6 Å². The molecule has 15 unspecified atom stereocenters. The molecule has 20 atom stereocenters. The number of hydrogen-bond donors (Lipinski definition) is 9. The molecule has 4 aromatic rings. The Morgan fingerprint density at radius 3 is 1.86 bits per heavy atom. The average molecular weight is 1440 g/mol. The molecule has 558 valence electrons. The number of rotatable bonds is 16. The molecule has 0 saturated carbocycles. The number of aliphatic hydroxyl groups excluding tert-OH is 2. The first-order chi connectivity index (χ1) is 49.0. The van der Waals surface area contributed by atoms with E-state index in [1.807, 2.05) is 19.0 Å². The van der Waals surface area contributed by atoms with Crippen molar-refractivity contribution >= 4 is 40.7 Å². The van der Waals surface area contributed by atoms with Crippen LogP contribution >= 0.6 is 0 Å². The van der Waals surface area contributed by atoms with Gasteiger partial charge in [0.25, 0.3) is 0 Å². The van der Waals surface area contributed by atoms with E-state index in [9.17, 15) is 74.4 Å². The summed E-state index contributed by atoms with van der Waals surface area (Å²) in [5.41, 5.74) is 0.483. The second kappa shape index (κ2) is 29.9. The Morgan fingerprint density at radius 2 is 1.24 bits per heavy atom. The second-order valence-electron chi connectivity index (χ2n) is 28.3. The Kier molecular flexibility index (Phi) is 21.9. The van der Waals surface area contributed by atoms with Crippen molar-refractivity contribution in [1.29, 1.82) is 0 Å². The van der Waals surface area contributed by atoms with E-state index in [0.29, 0.717) is 19.4 Å². The number of hydrogen-bond acceptors (Lipinski definition) is 29. The molecule has 5 heterocycles. The van der Waals surface area contributed by atoms with Crippen molar-refractivity contribution in [3.8, 4) is 28.7 Å². The number of carbonyl (C=O) groups excluding carboxylic acids is 7. The minimum absolute atomic E-state index is 0.00573. The van der Waals surface area contributed by atoms with Crippen LogP contribution < -0.4 is 10.5 Å². The van der Waals surface area contributed by atoms with Gasteiger partial charge in [0.1, 0.15) is 71.3 Å². The molecule has 5 aliphatic heterocycles. The Balaban J connectivity index is 0.000000200. The van der Waals surface area contributed by atoms with E-state index in [2.05, 4.69) is 0 Å². The molecule has 0 amide bonds. The number of ketones is 6. The molecule has 5 fully saturated rings. The first kappa shape index (κ1) is 75.4. The van der Waals surface area contributed by atoms with Crippen molar-refractivity contribution in [1.82, 2.24) is 4.90 Å². The summed E-state index contributed by atoms with van der Waals surface area (Å²) in [5.74, 6) is -8.27. The van der Waals surface area contributed by atoms with Gasteiger partial charge in [0.05, 0.1) is 84.3 Å². The third kappa shape index (κ3) is 13.9. The van der Waals surface area contributed by atoms with Gasteiger partial charge in [-0.1, -0.05) is 31.2 Å². The molecule has 103 heavy (non-hydrogen) atoms. The first-order valence-corrected chi connectivity index (χ1v) is 34.9. The van der Waals surface area contributed by atoms with Crippen LogP contribution in [0.25, 0.3) is 0 Å². The standard InChI is InChI=1S/C42H53NO15.C32H37NO12/c1-8-42(51)17-28(33-22(35(42)41(50)52-7)14-23-34(38(33)49)37(48)32-21(36(23)47)10-9-11-26(32)45)56-30-15-24(43(5)6)39(19(3)54-30)58-31-16-27(46)40(20(4)55-31)57-29-13-12-25(44)18(2)53-29;1-14-31(45-21-8-3-4-9-42-21)17(33)10-22(43-14)44-19-12-32(40,20(35)13-34)11-16-24(19)30(39)26-25(28(16)37)27(36)15-6-5-7-18(41-2)23(15)29(26)38/h9-11,14,18-20,24,27-31,35,39-40,45-46,49,51H,8,12-13,15-17H2,1-7H3;5-7,14,17,19,21-22,31,34,37,39-40H,3-4,8-13,33H2,1-2H3/t18?,19?,20?,24?,27?,28-,29?,30?,31?,35-,39?,40?,42+;14?,17?,19-,21?,22?,31?,32-/m00/s1. The normalized spacial score (nSPS) is 34.0. The lowest BCUT2D eigenvalue weighted by atomic mass is 9.67. The number of phenols is 4. The van der Waals surface area contributed by atoms with E-state index >= 15 is 0 Å². The Morgan fingerprint density at radius 1 is 0.641 bits per heavy atom. The van der Waals surface area contributed by atoms with Gasteiger partial charge < -0.3 is 108 Å². The molecule has 0 bridgehead atoms. The summed E-state index contributed by atoms with van der Waals surface area (Å²) >= 11 is 0. The van der Waals surface area contributed by atoms with Crippen molar-refractivity contribution in [3.05, 3.63) is 109 Å². The zero-order chi connectivity index (χ0) is 74.2. The van der Waals surface area contributed by atoms with Crippen molar-refractivity contribution in [3.63, 3.8) is 0 Å². The van der Waals surface area contributed by atoms with Crippen LogP contribution in [0, 0.1) is 0 Å². The van der Waals surface area contributed by atoms with Gasteiger partial charge in [-0.25, -0.2) is 0 Å². The topological polar surface area (TPSA) is 421 Å². The molecule has 0 aromatic heterocycles. The number of nitrogens with two attached hydrogens (primary N) is 1. The van der Waals surface area contributed by atoms with Crippen LogP contribution in [0.3, 0.4) is 0 Å². The number of aliphatic hydroxyl groups is 4. The highest BCUT2D eigenvalue weighted by Crippen LogP contribution is 2.56. The molecule has 10 N–H and O–H groups in total. The van der Waals surface area contributed by atoms with Gasteiger partial charge in [0.2, 0.25) is 11.6 Å². The maximum atomic E-state index is 13.9. The molecular weight excluding hydrogens is 1350 g/mol. The third-order valence-electron chi connectivity index (χ3n) is 21.7. The fourth-order valence-electron chi connectivity index (χ4n) is 16.2. The zero-order valence-corrected chi connectivity index (χ0v) is 58.7. The van der Waals surface area contributed by atoms with Crippen LogP contribution in [0.1, 0.15) is 209 Å². The number of benzene rings is 4. The predicted molar refractivity (Wildman–Crippen MR) is 355 cm³/mol. The molecule has 0 spiro atoms. The van der Waals surface area contributed by atoms with Crippen molar-refractivity contribution in [2.45, 2.75) is 233 Å². The highest BCUT2D eigenvalue weighted by atomic mass is 16.7. The number of phenolic OH excluding ortho intramolecular Hbond substituents is 4. The third-order valence-corrected chi connectivity index (χ3v) is 21.7. The van der Waals surface area contributed by atoms with E-state index in [1.165, 1.54) is 56.7 Å². The molecule has 29 nitrogen and oxygen atoms in total. The lowest BCUT2D eigenvalue weighted by molar-refractivity contribution is -0.324.